The molecular weight excluding hydrogens is 184 g/mol. The second-order valence-electron chi connectivity index (χ2n) is 3.60. The number of hydrogen-bond donors (Lipinski definition) is 1. The molecule has 0 aromatic carbocycles. The van der Waals surface area contributed by atoms with E-state index in [9.17, 15) is 0 Å². The summed E-state index contributed by atoms with van der Waals surface area (Å²) in [5, 5.41) is 0.630. The molecule has 0 radical (unpaired) electrons. The van der Waals surface area contributed by atoms with Crippen LogP contribution in [0.2, 0.25) is 0 Å². The first-order valence-corrected chi connectivity index (χ1v) is 5.38. The first-order chi connectivity index (χ1) is 6.21. The van der Waals surface area contributed by atoms with Crippen LogP contribution in [0.5, 0.6) is 0 Å². The van der Waals surface area contributed by atoms with E-state index < -0.39 is 0 Å². The molecule has 13 heavy (non-hydrogen) atoms. The van der Waals surface area contributed by atoms with Crippen molar-refractivity contribution >= 4 is 16.5 Å². The lowest BCUT2D eigenvalue weighted by atomic mass is 9.95. The fraction of sp³-hybridized carbons (Fsp3) is 0.667. The zero-order valence-corrected chi connectivity index (χ0v) is 8.56. The Kier molecular flexibility index (Phi) is 2.26. The second kappa shape index (κ2) is 3.27. The van der Waals surface area contributed by atoms with E-state index in [4.69, 9.17) is 10.5 Å². The van der Waals surface area contributed by atoms with Gasteiger partial charge in [-0.05, 0) is 26.2 Å². The van der Waals surface area contributed by atoms with Crippen molar-refractivity contribution in [1.82, 2.24) is 4.98 Å². The molecule has 0 amide bonds. The molecule has 1 saturated heterocycles. The molecule has 1 atom stereocenters. The first-order valence-electron chi connectivity index (χ1n) is 4.56. The van der Waals surface area contributed by atoms with Crippen LogP contribution in [-0.2, 0) is 10.3 Å². The molecule has 1 fully saturated rings. The van der Waals surface area contributed by atoms with Crippen LogP contribution in [0.15, 0.2) is 6.20 Å². The maximum absolute atomic E-state index is 5.78. The number of nitrogens with two attached hydrogens (primary N) is 1. The zero-order valence-electron chi connectivity index (χ0n) is 7.75. The minimum atomic E-state index is -0.131. The molecule has 1 aliphatic heterocycles. The highest BCUT2D eigenvalue weighted by Gasteiger charge is 2.31. The van der Waals surface area contributed by atoms with Gasteiger partial charge in [-0.2, -0.15) is 0 Å². The smallest absolute Gasteiger partial charge is 0.180 e. The van der Waals surface area contributed by atoms with Crippen molar-refractivity contribution in [3.8, 4) is 0 Å². The third kappa shape index (κ3) is 1.69. The van der Waals surface area contributed by atoms with E-state index in [-0.39, 0.29) is 5.60 Å². The normalized spacial score (nSPS) is 29.0. The maximum Gasteiger partial charge on any atom is 0.180 e. The molecule has 3 nitrogen and oxygen atoms in total. The lowest BCUT2D eigenvalue weighted by molar-refractivity contribution is -0.0677. The Bertz CT molecular complexity index is 292. The number of hydrogen-bond acceptors (Lipinski definition) is 4. The highest BCUT2D eigenvalue weighted by atomic mass is 32.1. The molecule has 1 aromatic rings. The highest BCUT2D eigenvalue weighted by Crippen LogP contribution is 2.37. The third-order valence-electron chi connectivity index (χ3n) is 2.51. The van der Waals surface area contributed by atoms with Gasteiger partial charge in [-0.25, -0.2) is 4.98 Å². The number of anilines is 1. The van der Waals surface area contributed by atoms with Gasteiger partial charge in [-0.1, -0.05) is 11.3 Å². The summed E-state index contributed by atoms with van der Waals surface area (Å²) < 4.78 is 5.78. The van der Waals surface area contributed by atoms with Gasteiger partial charge >= 0.3 is 0 Å². The Balaban J connectivity index is 2.22. The van der Waals surface area contributed by atoms with Gasteiger partial charge in [-0.3, -0.25) is 0 Å². The monoisotopic (exact) mass is 198 g/mol. The molecule has 2 rings (SSSR count). The second-order valence-corrected chi connectivity index (χ2v) is 4.66. The van der Waals surface area contributed by atoms with Crippen molar-refractivity contribution in [2.75, 3.05) is 12.3 Å². The van der Waals surface area contributed by atoms with Crippen LogP contribution in [0, 0.1) is 0 Å². The molecule has 4 heteroatoms. The Morgan fingerprint density at radius 3 is 3.00 bits per heavy atom. The van der Waals surface area contributed by atoms with Gasteiger partial charge in [0.25, 0.3) is 0 Å². The number of ether oxygens (including phenoxy) is 1. The van der Waals surface area contributed by atoms with Crippen LogP contribution >= 0.6 is 11.3 Å². The van der Waals surface area contributed by atoms with Gasteiger partial charge in [0.15, 0.2) is 5.13 Å². The third-order valence-corrected chi connectivity index (χ3v) is 3.59. The molecule has 0 bridgehead atoms. The van der Waals surface area contributed by atoms with Crippen LogP contribution in [-0.4, -0.2) is 11.6 Å². The molecule has 1 aliphatic rings. The Hall–Kier alpha value is -0.610. The molecule has 72 valence electrons. The minimum absolute atomic E-state index is 0.131. The standard InChI is InChI=1S/C9H14N2OS/c1-9(4-2-3-5-12-9)7-6-11-8(10)13-7/h6H,2-5H2,1H3,(H2,10,11). The Labute approximate surface area is 81.9 Å². The van der Waals surface area contributed by atoms with Crippen molar-refractivity contribution < 1.29 is 4.74 Å². The van der Waals surface area contributed by atoms with Crippen molar-refractivity contribution in [1.29, 1.82) is 0 Å². The van der Waals surface area contributed by atoms with Crippen molar-refractivity contribution in [2.24, 2.45) is 0 Å². The van der Waals surface area contributed by atoms with Crippen LogP contribution in [0.25, 0.3) is 0 Å². The SMILES string of the molecule is CC1(c2cnc(N)s2)CCCCO1. The topological polar surface area (TPSA) is 48.1 Å². The summed E-state index contributed by atoms with van der Waals surface area (Å²) in [6, 6.07) is 0. The molecular formula is C9H14N2OS. The highest BCUT2D eigenvalue weighted by molar-refractivity contribution is 7.15. The van der Waals surface area contributed by atoms with Gasteiger partial charge in [0.2, 0.25) is 0 Å². The van der Waals surface area contributed by atoms with Crippen molar-refractivity contribution in [3.05, 3.63) is 11.1 Å². The molecule has 2 heterocycles. The largest absolute Gasteiger partial charge is 0.375 e. The van der Waals surface area contributed by atoms with E-state index >= 15 is 0 Å². The van der Waals surface area contributed by atoms with E-state index in [1.54, 1.807) is 0 Å². The van der Waals surface area contributed by atoms with Crippen LogP contribution < -0.4 is 5.73 Å². The summed E-state index contributed by atoms with van der Waals surface area (Å²) >= 11 is 1.53. The van der Waals surface area contributed by atoms with Crippen molar-refractivity contribution in [2.45, 2.75) is 31.8 Å². The summed E-state index contributed by atoms with van der Waals surface area (Å²) in [6.45, 7) is 2.98. The molecule has 0 aliphatic carbocycles. The lowest BCUT2D eigenvalue weighted by Gasteiger charge is -2.32. The van der Waals surface area contributed by atoms with E-state index in [0.717, 1.165) is 17.9 Å². The van der Waals surface area contributed by atoms with Crippen LogP contribution in [0.1, 0.15) is 31.1 Å². The number of rotatable bonds is 1. The van der Waals surface area contributed by atoms with Gasteiger partial charge in [0.05, 0.1) is 4.88 Å². The quantitative estimate of drug-likeness (QED) is 0.752. The fourth-order valence-electron chi connectivity index (χ4n) is 1.66. The lowest BCUT2D eigenvalue weighted by Crippen LogP contribution is -2.29. The predicted octanol–water partition coefficient (Wildman–Crippen LogP) is 2.14. The van der Waals surface area contributed by atoms with Crippen LogP contribution in [0.3, 0.4) is 0 Å². The number of nitrogen functional groups attached to an aromatic ring is 1. The van der Waals surface area contributed by atoms with Gasteiger partial charge < -0.3 is 10.5 Å². The molecule has 1 aromatic heterocycles. The fourth-order valence-corrected chi connectivity index (χ4v) is 2.47. The summed E-state index contributed by atoms with van der Waals surface area (Å²) in [4.78, 5) is 5.21. The Morgan fingerprint density at radius 1 is 1.62 bits per heavy atom. The number of thiazole rings is 1. The molecule has 0 spiro atoms. The number of aromatic nitrogens is 1. The molecule has 2 N–H and O–H groups in total. The molecule has 1 unspecified atom stereocenters. The number of nitrogens with zero attached hydrogens (tertiary/aromatic N) is 1. The first kappa shape index (κ1) is 8.97. The van der Waals surface area contributed by atoms with E-state index in [2.05, 4.69) is 11.9 Å². The average Bonchev–Trinajstić information content (AvgIpc) is 2.54. The maximum atomic E-state index is 5.78. The predicted molar refractivity (Wildman–Crippen MR) is 53.7 cm³/mol. The average molecular weight is 198 g/mol. The van der Waals surface area contributed by atoms with E-state index in [1.807, 2.05) is 6.20 Å². The Morgan fingerprint density at radius 2 is 2.46 bits per heavy atom. The minimum Gasteiger partial charge on any atom is -0.375 e. The van der Waals surface area contributed by atoms with Gasteiger partial charge in [-0.15, -0.1) is 0 Å². The summed E-state index contributed by atoms with van der Waals surface area (Å²) in [6.07, 6.45) is 5.32. The van der Waals surface area contributed by atoms with Crippen molar-refractivity contribution in [3.63, 3.8) is 0 Å². The van der Waals surface area contributed by atoms with Gasteiger partial charge in [0, 0.05) is 12.8 Å². The zero-order chi connectivity index (χ0) is 9.31. The van der Waals surface area contributed by atoms with Crippen LogP contribution in [0.4, 0.5) is 5.13 Å². The van der Waals surface area contributed by atoms with Gasteiger partial charge in [0.1, 0.15) is 5.60 Å². The summed E-state index contributed by atoms with van der Waals surface area (Å²) in [5.41, 5.74) is 5.46. The van der Waals surface area contributed by atoms with E-state index in [1.165, 1.54) is 24.2 Å². The molecule has 0 saturated carbocycles. The summed E-state index contributed by atoms with van der Waals surface area (Å²) in [7, 11) is 0. The summed E-state index contributed by atoms with van der Waals surface area (Å²) in [5.74, 6) is 0. The van der Waals surface area contributed by atoms with E-state index in [0.29, 0.717) is 5.13 Å².